The van der Waals surface area contributed by atoms with Crippen molar-refractivity contribution in [2.75, 3.05) is 18.5 Å². The first-order chi connectivity index (χ1) is 8.47. The average molecular weight is 248 g/mol. The Bertz CT molecular complexity index is 577. The van der Waals surface area contributed by atoms with Gasteiger partial charge in [0.15, 0.2) is 11.5 Å². The van der Waals surface area contributed by atoms with E-state index in [1.807, 2.05) is 30.1 Å². The van der Waals surface area contributed by atoms with Crippen molar-refractivity contribution in [3.8, 4) is 0 Å². The molecular formula is C13H16N2O3. The Morgan fingerprint density at radius 3 is 2.94 bits per heavy atom. The smallest absolute Gasteiger partial charge is 0.308 e. The first-order valence-electron chi connectivity index (χ1n) is 5.78. The molecule has 0 aliphatic carbocycles. The van der Waals surface area contributed by atoms with Crippen LogP contribution in [0.15, 0.2) is 22.6 Å². The van der Waals surface area contributed by atoms with E-state index in [4.69, 9.17) is 9.52 Å². The van der Waals surface area contributed by atoms with E-state index in [1.54, 1.807) is 13.8 Å². The van der Waals surface area contributed by atoms with E-state index in [9.17, 15) is 4.79 Å². The predicted molar refractivity (Wildman–Crippen MR) is 68.8 cm³/mol. The number of fused-ring (bicyclic) bond motifs is 1. The van der Waals surface area contributed by atoms with Crippen LogP contribution in [-0.2, 0) is 4.79 Å². The molecule has 0 radical (unpaired) electrons. The van der Waals surface area contributed by atoms with Crippen molar-refractivity contribution in [3.63, 3.8) is 0 Å². The summed E-state index contributed by atoms with van der Waals surface area (Å²) in [6, 6.07) is 5.66. The maximum Gasteiger partial charge on any atom is 0.308 e. The summed E-state index contributed by atoms with van der Waals surface area (Å²) in [4.78, 5) is 17.0. The first kappa shape index (κ1) is 12.4. The van der Waals surface area contributed by atoms with E-state index >= 15 is 0 Å². The molecule has 5 nitrogen and oxygen atoms in total. The average Bonchev–Trinajstić information content (AvgIpc) is 2.67. The fraction of sp³-hybridized carbons (Fsp3) is 0.385. The third-order valence-electron chi connectivity index (χ3n) is 2.89. The van der Waals surface area contributed by atoms with E-state index < -0.39 is 11.9 Å². The second-order valence-corrected chi connectivity index (χ2v) is 4.50. The lowest BCUT2D eigenvalue weighted by Gasteiger charge is -2.21. The van der Waals surface area contributed by atoms with Crippen molar-refractivity contribution < 1.29 is 14.3 Å². The number of carbonyl (C=O) groups is 1. The molecule has 0 amide bonds. The molecule has 5 heteroatoms. The highest BCUT2D eigenvalue weighted by Crippen LogP contribution is 2.22. The molecule has 1 heterocycles. The minimum absolute atomic E-state index is 0.412. The SMILES string of the molecule is Cc1nc2cc(N(C)CC(C)C(=O)O)ccc2o1. The van der Waals surface area contributed by atoms with Crippen LogP contribution in [-0.4, -0.2) is 29.7 Å². The third-order valence-corrected chi connectivity index (χ3v) is 2.89. The summed E-state index contributed by atoms with van der Waals surface area (Å²) < 4.78 is 5.40. The lowest BCUT2D eigenvalue weighted by atomic mass is 10.1. The van der Waals surface area contributed by atoms with Crippen LogP contribution in [0.3, 0.4) is 0 Å². The van der Waals surface area contributed by atoms with Gasteiger partial charge in [-0.1, -0.05) is 6.92 Å². The lowest BCUT2D eigenvalue weighted by molar-refractivity contribution is -0.140. The number of hydrogen-bond donors (Lipinski definition) is 1. The number of carboxylic acids is 1. The van der Waals surface area contributed by atoms with Crippen LogP contribution >= 0.6 is 0 Å². The number of hydrogen-bond acceptors (Lipinski definition) is 4. The van der Waals surface area contributed by atoms with E-state index in [-0.39, 0.29) is 0 Å². The minimum atomic E-state index is -0.791. The number of benzene rings is 1. The minimum Gasteiger partial charge on any atom is -0.481 e. The summed E-state index contributed by atoms with van der Waals surface area (Å²) in [5, 5.41) is 8.90. The Morgan fingerprint density at radius 1 is 1.56 bits per heavy atom. The first-order valence-corrected chi connectivity index (χ1v) is 5.78. The molecule has 1 unspecified atom stereocenters. The van der Waals surface area contributed by atoms with Gasteiger partial charge in [-0.2, -0.15) is 0 Å². The van der Waals surface area contributed by atoms with Crippen molar-refractivity contribution >= 4 is 22.8 Å². The fourth-order valence-corrected chi connectivity index (χ4v) is 1.86. The zero-order chi connectivity index (χ0) is 13.3. The number of oxazole rings is 1. The van der Waals surface area contributed by atoms with Gasteiger partial charge in [-0.05, 0) is 18.2 Å². The van der Waals surface area contributed by atoms with E-state index in [0.29, 0.717) is 12.4 Å². The summed E-state index contributed by atoms with van der Waals surface area (Å²) in [6.07, 6.45) is 0. The Hall–Kier alpha value is -2.04. The number of aliphatic carboxylic acids is 1. The van der Waals surface area contributed by atoms with Gasteiger partial charge in [-0.25, -0.2) is 4.98 Å². The molecule has 2 aromatic rings. The monoisotopic (exact) mass is 248 g/mol. The highest BCUT2D eigenvalue weighted by molar-refractivity contribution is 5.78. The molecular weight excluding hydrogens is 232 g/mol. The fourth-order valence-electron chi connectivity index (χ4n) is 1.86. The van der Waals surface area contributed by atoms with Gasteiger partial charge in [0.1, 0.15) is 5.52 Å². The molecule has 1 aromatic carbocycles. The zero-order valence-electron chi connectivity index (χ0n) is 10.7. The van der Waals surface area contributed by atoms with Crippen LogP contribution in [0.2, 0.25) is 0 Å². The Balaban J connectivity index is 2.22. The molecule has 2 rings (SSSR count). The maximum absolute atomic E-state index is 10.8. The topological polar surface area (TPSA) is 66.6 Å². The summed E-state index contributed by atoms with van der Waals surface area (Å²) >= 11 is 0. The van der Waals surface area contributed by atoms with Gasteiger partial charge >= 0.3 is 5.97 Å². The summed E-state index contributed by atoms with van der Waals surface area (Å²) in [6.45, 7) is 3.95. The quantitative estimate of drug-likeness (QED) is 0.899. The Morgan fingerprint density at radius 2 is 2.28 bits per heavy atom. The number of aromatic nitrogens is 1. The molecule has 1 atom stereocenters. The zero-order valence-corrected chi connectivity index (χ0v) is 10.7. The number of anilines is 1. The summed E-state index contributed by atoms with van der Waals surface area (Å²) in [7, 11) is 1.87. The number of aryl methyl sites for hydroxylation is 1. The number of rotatable bonds is 4. The van der Waals surface area contributed by atoms with Crippen molar-refractivity contribution in [1.29, 1.82) is 0 Å². The molecule has 96 valence electrons. The van der Waals surface area contributed by atoms with Gasteiger partial charge in [0.2, 0.25) is 0 Å². The van der Waals surface area contributed by atoms with Gasteiger partial charge < -0.3 is 14.4 Å². The van der Waals surface area contributed by atoms with Gasteiger partial charge in [0.05, 0.1) is 5.92 Å². The van der Waals surface area contributed by atoms with Gasteiger partial charge in [-0.3, -0.25) is 4.79 Å². The molecule has 0 fully saturated rings. The summed E-state index contributed by atoms with van der Waals surface area (Å²) in [5.74, 6) is -0.575. The van der Waals surface area contributed by atoms with Crippen LogP contribution in [0, 0.1) is 12.8 Å². The Kier molecular flexibility index (Phi) is 3.23. The molecule has 0 aliphatic rings. The molecule has 0 saturated carbocycles. The molecule has 0 aliphatic heterocycles. The molecule has 0 saturated heterocycles. The largest absolute Gasteiger partial charge is 0.481 e. The van der Waals surface area contributed by atoms with Crippen LogP contribution in [0.1, 0.15) is 12.8 Å². The third kappa shape index (κ3) is 2.45. The summed E-state index contributed by atoms with van der Waals surface area (Å²) in [5.41, 5.74) is 2.47. The second kappa shape index (κ2) is 4.68. The van der Waals surface area contributed by atoms with Gasteiger partial charge in [0, 0.05) is 26.2 Å². The highest BCUT2D eigenvalue weighted by Gasteiger charge is 2.14. The second-order valence-electron chi connectivity index (χ2n) is 4.50. The van der Waals surface area contributed by atoms with Crippen LogP contribution < -0.4 is 4.90 Å². The van der Waals surface area contributed by atoms with Gasteiger partial charge in [-0.15, -0.1) is 0 Å². The molecule has 0 spiro atoms. The standard InChI is InChI=1S/C13H16N2O3/c1-8(13(16)17)7-15(3)10-4-5-12-11(6-10)14-9(2)18-12/h4-6,8H,7H2,1-3H3,(H,16,17). The molecule has 18 heavy (non-hydrogen) atoms. The normalized spacial score (nSPS) is 12.6. The van der Waals surface area contributed by atoms with E-state index in [0.717, 1.165) is 16.8 Å². The van der Waals surface area contributed by atoms with Crippen molar-refractivity contribution in [3.05, 3.63) is 24.1 Å². The number of carboxylic acid groups (broad SMARTS) is 1. The highest BCUT2D eigenvalue weighted by atomic mass is 16.4. The maximum atomic E-state index is 10.8. The molecule has 1 aromatic heterocycles. The van der Waals surface area contributed by atoms with Crippen molar-refractivity contribution in [2.45, 2.75) is 13.8 Å². The Labute approximate surface area is 105 Å². The van der Waals surface area contributed by atoms with Gasteiger partial charge in [0.25, 0.3) is 0 Å². The molecule has 0 bridgehead atoms. The molecule has 1 N–H and O–H groups in total. The van der Waals surface area contributed by atoms with Crippen LogP contribution in [0.25, 0.3) is 11.1 Å². The predicted octanol–water partition coefficient (Wildman–Crippen LogP) is 2.29. The van der Waals surface area contributed by atoms with Crippen LogP contribution in [0.4, 0.5) is 5.69 Å². The van der Waals surface area contributed by atoms with E-state index in [2.05, 4.69) is 4.98 Å². The number of nitrogens with zero attached hydrogens (tertiary/aromatic N) is 2. The lowest BCUT2D eigenvalue weighted by Crippen LogP contribution is -2.28. The van der Waals surface area contributed by atoms with E-state index in [1.165, 1.54) is 0 Å². The van der Waals surface area contributed by atoms with Crippen molar-refractivity contribution in [1.82, 2.24) is 4.98 Å². The van der Waals surface area contributed by atoms with Crippen LogP contribution in [0.5, 0.6) is 0 Å². The van der Waals surface area contributed by atoms with Crippen molar-refractivity contribution in [2.24, 2.45) is 5.92 Å².